The summed E-state index contributed by atoms with van der Waals surface area (Å²) in [6.45, 7) is 5.69. The van der Waals surface area contributed by atoms with Gasteiger partial charge < -0.3 is 40.7 Å². The van der Waals surface area contributed by atoms with E-state index in [1.54, 1.807) is 30.4 Å². The molecule has 2 fully saturated rings. The Balaban J connectivity index is 0.000000238. The van der Waals surface area contributed by atoms with E-state index in [1.807, 2.05) is 46.2 Å². The number of nitrogens with two attached hydrogens (primary N) is 1. The Kier molecular flexibility index (Phi) is 17.8. The number of piperidine rings is 2. The minimum atomic E-state index is -1.50. The van der Waals surface area contributed by atoms with Crippen LogP contribution in [0.15, 0.2) is 109 Å². The number of aryl methyl sites for hydroxylation is 1. The quantitative estimate of drug-likeness (QED) is 0.122. The Labute approximate surface area is 331 Å². The minimum absolute atomic E-state index is 0.0176. The second-order valence-corrected chi connectivity index (χ2v) is 14.0. The van der Waals surface area contributed by atoms with Crippen molar-refractivity contribution in [1.82, 2.24) is 9.80 Å². The molecule has 6 rings (SSSR count). The van der Waals surface area contributed by atoms with Crippen LogP contribution in [-0.4, -0.2) is 94.3 Å². The van der Waals surface area contributed by atoms with Gasteiger partial charge in [0.1, 0.15) is 0 Å². The fourth-order valence-electron chi connectivity index (χ4n) is 7.18. The van der Waals surface area contributed by atoms with Crippen LogP contribution < -0.4 is 5.73 Å². The van der Waals surface area contributed by atoms with Gasteiger partial charge >= 0.3 is 14.2 Å². The molecular weight excluding hydrogens is 704 g/mol. The molecule has 0 saturated carbocycles. The van der Waals surface area contributed by atoms with Gasteiger partial charge in [0, 0.05) is 51.0 Å². The van der Waals surface area contributed by atoms with Crippen LogP contribution in [0.3, 0.4) is 0 Å². The largest absolute Gasteiger partial charge is 0.480 e. The molecular formula is C44H55B2N3O7. The Morgan fingerprint density at radius 1 is 0.625 bits per heavy atom. The second-order valence-electron chi connectivity index (χ2n) is 14.0. The number of benzene rings is 4. The van der Waals surface area contributed by atoms with E-state index in [2.05, 4.69) is 49.4 Å². The van der Waals surface area contributed by atoms with Crippen molar-refractivity contribution < 1.29 is 34.8 Å². The average molecular weight is 760 g/mol. The molecule has 12 heteroatoms. The first-order valence-electron chi connectivity index (χ1n) is 19.3. The number of aliphatic hydroxyl groups is 1. The van der Waals surface area contributed by atoms with Gasteiger partial charge in [0.25, 0.3) is 11.8 Å². The molecule has 2 aliphatic rings. The van der Waals surface area contributed by atoms with E-state index in [0.29, 0.717) is 29.5 Å². The van der Waals surface area contributed by atoms with Gasteiger partial charge in [-0.2, -0.15) is 0 Å². The van der Waals surface area contributed by atoms with E-state index in [0.717, 1.165) is 82.1 Å². The first-order valence-corrected chi connectivity index (χ1v) is 19.3. The first kappa shape index (κ1) is 43.9. The zero-order chi connectivity index (χ0) is 40.5. The van der Waals surface area contributed by atoms with Crippen molar-refractivity contribution >= 4 is 38.2 Å². The summed E-state index contributed by atoms with van der Waals surface area (Å²) in [6, 6.07) is 31.7. The van der Waals surface area contributed by atoms with Gasteiger partial charge in [-0.05, 0) is 102 Å². The Bertz CT molecular complexity index is 1770. The first-order chi connectivity index (χ1) is 27.1. The number of carbonyl (C=O) groups excluding carboxylic acids is 2. The summed E-state index contributed by atoms with van der Waals surface area (Å²) < 4.78 is 0. The van der Waals surface area contributed by atoms with E-state index >= 15 is 0 Å². The molecule has 7 N–H and O–H groups in total. The van der Waals surface area contributed by atoms with Gasteiger partial charge in [0.2, 0.25) is 0 Å². The number of nitrogens with zero attached hydrogens (tertiary/aromatic N) is 2. The summed E-state index contributed by atoms with van der Waals surface area (Å²) in [6.07, 6.45) is 8.09. The highest BCUT2D eigenvalue weighted by Gasteiger charge is 2.26. The number of likely N-dealkylation sites (tertiary alicyclic amines) is 2. The molecule has 0 radical (unpaired) electrons. The van der Waals surface area contributed by atoms with Crippen molar-refractivity contribution in [2.75, 3.05) is 33.3 Å². The molecule has 4 aromatic carbocycles. The highest BCUT2D eigenvalue weighted by molar-refractivity contribution is 6.48. The van der Waals surface area contributed by atoms with Crippen LogP contribution in [0.1, 0.15) is 98.5 Å². The van der Waals surface area contributed by atoms with Crippen molar-refractivity contribution in [1.29, 1.82) is 0 Å². The zero-order valence-electron chi connectivity index (χ0n) is 32.5. The zero-order valence-corrected chi connectivity index (χ0v) is 32.5. The van der Waals surface area contributed by atoms with E-state index in [1.165, 1.54) is 28.6 Å². The molecule has 56 heavy (non-hydrogen) atoms. The maximum atomic E-state index is 12.8. The number of hydrogen-bond donors (Lipinski definition) is 6. The molecule has 4 aromatic rings. The molecule has 294 valence electrons. The molecule has 0 bridgehead atoms. The van der Waals surface area contributed by atoms with Gasteiger partial charge in [0.05, 0.1) is 0 Å². The maximum Gasteiger partial charge on any atom is 0.480 e. The third-order valence-corrected chi connectivity index (χ3v) is 10.2. The van der Waals surface area contributed by atoms with Crippen LogP contribution in [0.25, 0.3) is 12.2 Å². The van der Waals surface area contributed by atoms with Crippen LogP contribution in [0.2, 0.25) is 0 Å². The lowest BCUT2D eigenvalue weighted by atomic mass is 9.88. The summed E-state index contributed by atoms with van der Waals surface area (Å²) in [5.41, 5.74) is 13.7. The van der Waals surface area contributed by atoms with E-state index in [-0.39, 0.29) is 11.8 Å². The molecule has 2 amide bonds. The number of amides is 2. The van der Waals surface area contributed by atoms with Crippen molar-refractivity contribution in [3.63, 3.8) is 0 Å². The molecule has 0 unspecified atom stereocenters. The van der Waals surface area contributed by atoms with Crippen molar-refractivity contribution in [2.45, 2.75) is 57.4 Å². The van der Waals surface area contributed by atoms with Crippen molar-refractivity contribution in [3.8, 4) is 0 Å². The smallest absolute Gasteiger partial charge is 0.424 e. The lowest BCUT2D eigenvalue weighted by molar-refractivity contribution is 0.0705. The SMILES string of the molecule is CCc1cccc(C2CCN(C(=O)c3cccc(/C=C/B(O)O)c3)CC2)c1.CO.NCc1cccc(C2CCN(C(=O)c3cccc(/C=C/B(O)O)c3)CC2)c1. The highest BCUT2D eigenvalue weighted by atomic mass is 16.4. The summed E-state index contributed by atoms with van der Waals surface area (Å²) in [5, 5.41) is 42.8. The fourth-order valence-corrected chi connectivity index (χ4v) is 7.18. The van der Waals surface area contributed by atoms with Crippen LogP contribution in [0.4, 0.5) is 0 Å². The van der Waals surface area contributed by atoms with Crippen LogP contribution in [0, 0.1) is 0 Å². The van der Waals surface area contributed by atoms with Crippen LogP contribution >= 0.6 is 0 Å². The third kappa shape index (κ3) is 13.2. The average Bonchev–Trinajstić information content (AvgIpc) is 3.25. The summed E-state index contributed by atoms with van der Waals surface area (Å²) in [5.74, 6) is 3.57. The third-order valence-electron chi connectivity index (χ3n) is 10.2. The van der Waals surface area contributed by atoms with E-state index in [9.17, 15) is 9.59 Å². The molecule has 0 spiro atoms. The Hall–Kier alpha value is -4.81. The van der Waals surface area contributed by atoms with Gasteiger partial charge in [-0.1, -0.05) is 104 Å². The lowest BCUT2D eigenvalue weighted by Gasteiger charge is -2.32. The minimum Gasteiger partial charge on any atom is -0.424 e. The number of aliphatic hydroxyl groups excluding tert-OH is 1. The second kappa shape index (κ2) is 22.7. The van der Waals surface area contributed by atoms with E-state index < -0.39 is 14.2 Å². The molecule has 0 atom stereocenters. The van der Waals surface area contributed by atoms with E-state index in [4.69, 9.17) is 30.9 Å². The summed E-state index contributed by atoms with van der Waals surface area (Å²) in [4.78, 5) is 29.5. The van der Waals surface area contributed by atoms with Crippen LogP contribution in [0.5, 0.6) is 0 Å². The summed E-state index contributed by atoms with van der Waals surface area (Å²) >= 11 is 0. The predicted octanol–water partition coefficient (Wildman–Crippen LogP) is 5.09. The van der Waals surface area contributed by atoms with Crippen LogP contribution in [-0.2, 0) is 13.0 Å². The Morgan fingerprint density at radius 2 is 1.02 bits per heavy atom. The topological polar surface area (TPSA) is 168 Å². The predicted molar refractivity (Wildman–Crippen MR) is 225 cm³/mol. The Morgan fingerprint density at radius 3 is 1.41 bits per heavy atom. The molecule has 0 aliphatic carbocycles. The number of hydrogen-bond acceptors (Lipinski definition) is 8. The molecule has 2 saturated heterocycles. The van der Waals surface area contributed by atoms with Gasteiger partial charge in [-0.25, -0.2) is 0 Å². The normalized spacial score (nSPS) is 14.9. The molecule has 2 aliphatic heterocycles. The van der Waals surface area contributed by atoms with Crippen molar-refractivity contribution in [3.05, 3.63) is 154 Å². The standard InChI is InChI=1S/C22H26BNO3.C21H25BN2O3.CH4O/c1-2-17-5-3-7-20(15-17)19-10-13-24(14-11-19)22(25)21-8-4-6-18(16-21)9-12-23(26)27;23-15-17-4-2-5-19(14-17)18-8-11-24(12-9-18)21(25)20-6-1-3-16(13-20)7-10-22(26)27;1-2/h3-9,12,15-16,19,26-27H,2,10-11,13-14H2,1H3;1-7,10,13-14,18,26-27H,8-9,11-12,15,23H2;2H,1H3/b12-9+;10-7+;. The fraction of sp³-hybridized carbons (Fsp3) is 0.318. The maximum absolute atomic E-state index is 12.8. The van der Waals surface area contributed by atoms with Crippen molar-refractivity contribution in [2.24, 2.45) is 5.73 Å². The lowest BCUT2D eigenvalue weighted by Crippen LogP contribution is -2.37. The monoisotopic (exact) mass is 759 g/mol. The summed E-state index contributed by atoms with van der Waals surface area (Å²) in [7, 11) is -1.99. The highest BCUT2D eigenvalue weighted by Crippen LogP contribution is 2.31. The molecule has 2 heterocycles. The van der Waals surface area contributed by atoms with Gasteiger partial charge in [-0.15, -0.1) is 0 Å². The molecule has 10 nitrogen and oxygen atoms in total. The number of rotatable bonds is 10. The number of carbonyl (C=O) groups is 2. The van der Waals surface area contributed by atoms with Gasteiger partial charge in [0.15, 0.2) is 0 Å². The molecule has 0 aromatic heterocycles. The van der Waals surface area contributed by atoms with Gasteiger partial charge in [-0.3, -0.25) is 9.59 Å².